The summed E-state index contributed by atoms with van der Waals surface area (Å²) in [4.78, 5) is 28.4. The highest BCUT2D eigenvalue weighted by molar-refractivity contribution is 9.18. The Morgan fingerprint density at radius 3 is 2.61 bits per heavy atom. The standard InChI is InChI=1S/C12H16BrN3O2/c1-4-7-5-6-8-10(14-9(7)13)15(2)12(18)16(3)11(8)17/h7H,4-6H2,1-3H3. The molecule has 0 saturated heterocycles. The maximum absolute atomic E-state index is 12.1. The largest absolute Gasteiger partial charge is 0.332 e. The van der Waals surface area contributed by atoms with E-state index >= 15 is 0 Å². The van der Waals surface area contributed by atoms with Gasteiger partial charge in [-0.05, 0) is 35.2 Å². The molecule has 1 aromatic rings. The molecule has 18 heavy (non-hydrogen) atoms. The highest BCUT2D eigenvalue weighted by Crippen LogP contribution is 2.27. The van der Waals surface area contributed by atoms with Crippen molar-refractivity contribution in [1.82, 2.24) is 9.13 Å². The number of aliphatic imine (C=N–C) groups is 1. The first-order chi connectivity index (χ1) is 8.47. The lowest BCUT2D eigenvalue weighted by Gasteiger charge is -2.09. The van der Waals surface area contributed by atoms with Gasteiger partial charge in [0.05, 0.1) is 10.2 Å². The fourth-order valence-electron chi connectivity index (χ4n) is 2.27. The first-order valence-corrected chi connectivity index (χ1v) is 6.79. The summed E-state index contributed by atoms with van der Waals surface area (Å²) in [6.45, 7) is 2.09. The van der Waals surface area contributed by atoms with Gasteiger partial charge in [0, 0.05) is 20.0 Å². The minimum absolute atomic E-state index is 0.228. The van der Waals surface area contributed by atoms with Crippen molar-refractivity contribution in [1.29, 1.82) is 0 Å². The third-order valence-corrected chi connectivity index (χ3v) is 4.33. The molecule has 1 atom stereocenters. The normalized spacial score (nSPS) is 19.1. The molecule has 0 aliphatic carbocycles. The number of nitrogens with zero attached hydrogens (tertiary/aromatic N) is 3. The quantitative estimate of drug-likeness (QED) is 0.788. The second-order valence-corrected chi connectivity index (χ2v) is 5.40. The average Bonchev–Trinajstić information content (AvgIpc) is 2.53. The molecule has 1 unspecified atom stereocenters. The van der Waals surface area contributed by atoms with Crippen LogP contribution in [-0.2, 0) is 20.5 Å². The van der Waals surface area contributed by atoms with E-state index in [1.165, 1.54) is 11.6 Å². The molecule has 0 bridgehead atoms. The zero-order valence-electron chi connectivity index (χ0n) is 10.7. The van der Waals surface area contributed by atoms with Gasteiger partial charge in [-0.25, -0.2) is 9.79 Å². The Hall–Kier alpha value is -1.17. The lowest BCUT2D eigenvalue weighted by molar-refractivity contribution is 0.607. The Labute approximate surface area is 113 Å². The summed E-state index contributed by atoms with van der Waals surface area (Å²) < 4.78 is 3.41. The van der Waals surface area contributed by atoms with Crippen molar-refractivity contribution in [3.05, 3.63) is 26.4 Å². The van der Waals surface area contributed by atoms with Gasteiger partial charge in [0.2, 0.25) is 0 Å². The zero-order chi connectivity index (χ0) is 13.4. The van der Waals surface area contributed by atoms with Crippen LogP contribution in [0.1, 0.15) is 25.3 Å². The van der Waals surface area contributed by atoms with Gasteiger partial charge in [0.25, 0.3) is 5.56 Å². The van der Waals surface area contributed by atoms with Crippen LogP contribution in [-0.4, -0.2) is 13.8 Å². The molecule has 6 heteroatoms. The summed E-state index contributed by atoms with van der Waals surface area (Å²) >= 11 is 3.46. The Kier molecular flexibility index (Phi) is 3.56. The van der Waals surface area contributed by atoms with Gasteiger partial charge in [-0.1, -0.05) is 6.92 Å². The van der Waals surface area contributed by atoms with E-state index in [9.17, 15) is 9.59 Å². The molecule has 2 rings (SSSR count). The molecule has 5 nitrogen and oxygen atoms in total. The van der Waals surface area contributed by atoms with Gasteiger partial charge >= 0.3 is 5.69 Å². The molecule has 0 aromatic carbocycles. The summed E-state index contributed by atoms with van der Waals surface area (Å²) in [6, 6.07) is 0. The van der Waals surface area contributed by atoms with Gasteiger partial charge in [-0.2, -0.15) is 0 Å². The van der Waals surface area contributed by atoms with Gasteiger partial charge in [-0.3, -0.25) is 13.9 Å². The van der Waals surface area contributed by atoms with Crippen LogP contribution in [0.3, 0.4) is 0 Å². The molecule has 0 N–H and O–H groups in total. The predicted octanol–water partition coefficient (Wildman–Crippen LogP) is 1.48. The molecule has 1 aliphatic heterocycles. The van der Waals surface area contributed by atoms with E-state index < -0.39 is 0 Å². The first kappa shape index (κ1) is 13.3. The third kappa shape index (κ3) is 1.98. The van der Waals surface area contributed by atoms with Crippen LogP contribution in [0.2, 0.25) is 0 Å². The van der Waals surface area contributed by atoms with Crippen molar-refractivity contribution in [2.45, 2.75) is 26.2 Å². The minimum atomic E-state index is -0.335. The summed E-state index contributed by atoms with van der Waals surface area (Å²) in [5.41, 5.74) is 0.0687. The number of fused-ring (bicyclic) bond motifs is 1. The van der Waals surface area contributed by atoms with E-state index in [1.54, 1.807) is 7.05 Å². The van der Waals surface area contributed by atoms with E-state index in [0.29, 0.717) is 23.7 Å². The zero-order valence-corrected chi connectivity index (χ0v) is 12.3. The molecule has 1 aliphatic rings. The van der Waals surface area contributed by atoms with Crippen LogP contribution in [0.25, 0.3) is 0 Å². The molecule has 0 fully saturated rings. The van der Waals surface area contributed by atoms with Crippen molar-refractivity contribution in [3.8, 4) is 0 Å². The number of hydrogen-bond acceptors (Lipinski definition) is 3. The predicted molar refractivity (Wildman–Crippen MR) is 75.0 cm³/mol. The van der Waals surface area contributed by atoms with Gasteiger partial charge in [0.1, 0.15) is 5.82 Å². The minimum Gasteiger partial charge on any atom is -0.281 e. The summed E-state index contributed by atoms with van der Waals surface area (Å²) in [7, 11) is 3.16. The number of hydrogen-bond donors (Lipinski definition) is 0. The Bertz CT molecular complexity index is 627. The van der Waals surface area contributed by atoms with E-state index in [4.69, 9.17) is 0 Å². The lowest BCUT2D eigenvalue weighted by atomic mass is 10.0. The number of halogens is 1. The maximum Gasteiger partial charge on any atom is 0.332 e. The Morgan fingerprint density at radius 2 is 2.00 bits per heavy atom. The van der Waals surface area contributed by atoms with Crippen LogP contribution in [0, 0.1) is 5.92 Å². The highest BCUT2D eigenvalue weighted by atomic mass is 79.9. The smallest absolute Gasteiger partial charge is 0.281 e. The van der Waals surface area contributed by atoms with Crippen molar-refractivity contribution in [2.24, 2.45) is 25.0 Å². The molecule has 2 heterocycles. The van der Waals surface area contributed by atoms with Crippen LogP contribution in [0.15, 0.2) is 14.6 Å². The average molecular weight is 314 g/mol. The monoisotopic (exact) mass is 313 g/mol. The molecule has 0 saturated carbocycles. The van der Waals surface area contributed by atoms with Crippen LogP contribution >= 0.6 is 15.9 Å². The van der Waals surface area contributed by atoms with E-state index in [-0.39, 0.29) is 11.2 Å². The fourth-order valence-corrected chi connectivity index (χ4v) is 2.99. The summed E-state index contributed by atoms with van der Waals surface area (Å²) in [5, 5.41) is 0. The summed E-state index contributed by atoms with van der Waals surface area (Å²) in [6.07, 6.45) is 2.50. The van der Waals surface area contributed by atoms with Crippen molar-refractivity contribution >= 4 is 26.4 Å². The number of rotatable bonds is 1. The van der Waals surface area contributed by atoms with Gasteiger partial charge < -0.3 is 0 Å². The number of aromatic nitrogens is 2. The molecular formula is C12H16BrN3O2. The molecule has 0 radical (unpaired) electrons. The SMILES string of the molecule is CCC1CCc2c(n(C)c(=O)n(C)c2=O)N=C1Br. The second kappa shape index (κ2) is 4.84. The van der Waals surface area contributed by atoms with E-state index in [1.807, 2.05) is 0 Å². The van der Waals surface area contributed by atoms with Crippen molar-refractivity contribution in [3.63, 3.8) is 0 Å². The molecular weight excluding hydrogens is 298 g/mol. The fraction of sp³-hybridized carbons (Fsp3) is 0.583. The second-order valence-electron chi connectivity index (χ2n) is 4.59. The molecule has 0 spiro atoms. The van der Waals surface area contributed by atoms with Crippen molar-refractivity contribution in [2.75, 3.05) is 0 Å². The maximum atomic E-state index is 12.1. The van der Waals surface area contributed by atoms with Crippen LogP contribution in [0.4, 0.5) is 5.82 Å². The van der Waals surface area contributed by atoms with Crippen LogP contribution in [0.5, 0.6) is 0 Å². The third-order valence-electron chi connectivity index (χ3n) is 3.51. The molecule has 1 aromatic heterocycles. The molecule has 98 valence electrons. The molecule has 0 amide bonds. The van der Waals surface area contributed by atoms with Crippen molar-refractivity contribution < 1.29 is 0 Å². The van der Waals surface area contributed by atoms with Crippen LogP contribution < -0.4 is 11.2 Å². The Morgan fingerprint density at radius 1 is 1.33 bits per heavy atom. The first-order valence-electron chi connectivity index (χ1n) is 6.00. The van der Waals surface area contributed by atoms with E-state index in [0.717, 1.165) is 22.0 Å². The van der Waals surface area contributed by atoms with Gasteiger partial charge in [-0.15, -0.1) is 0 Å². The van der Waals surface area contributed by atoms with Gasteiger partial charge in [0.15, 0.2) is 0 Å². The lowest BCUT2D eigenvalue weighted by Crippen LogP contribution is -2.38. The summed E-state index contributed by atoms with van der Waals surface area (Å²) in [5.74, 6) is 0.808. The topological polar surface area (TPSA) is 56.4 Å². The van der Waals surface area contributed by atoms with E-state index in [2.05, 4.69) is 27.8 Å². The highest BCUT2D eigenvalue weighted by Gasteiger charge is 2.22. The Balaban J connectivity index is 2.74.